The van der Waals surface area contributed by atoms with E-state index in [-0.39, 0.29) is 17.7 Å². The molecule has 0 aromatic heterocycles. The molecule has 1 amide bonds. The van der Waals surface area contributed by atoms with Gasteiger partial charge in [0, 0.05) is 24.8 Å². The van der Waals surface area contributed by atoms with Crippen LogP contribution in [0.3, 0.4) is 0 Å². The van der Waals surface area contributed by atoms with E-state index in [0.717, 1.165) is 25.7 Å². The predicted molar refractivity (Wildman–Crippen MR) is 81.7 cm³/mol. The summed E-state index contributed by atoms with van der Waals surface area (Å²) in [7, 11) is 0. The molecular weight excluding hydrogens is 266 g/mol. The molecule has 0 unspecified atom stereocenters. The molecule has 0 saturated heterocycles. The van der Waals surface area contributed by atoms with Gasteiger partial charge >= 0.3 is 0 Å². The number of amides is 1. The Morgan fingerprint density at radius 1 is 1.14 bits per heavy atom. The first kappa shape index (κ1) is 16.0. The highest BCUT2D eigenvalue weighted by Gasteiger charge is 2.35. The standard InChI is InChI=1S/C17H25NO3/c19-15(18-12-9-16(20)21)13-17(10-5-2-6-11-17)14-7-3-1-4-8-14/h1,3-4,7-8,16,20-21H,2,5-6,9-13H2,(H,18,19). The van der Waals surface area contributed by atoms with Crippen molar-refractivity contribution in [1.82, 2.24) is 5.32 Å². The zero-order chi connectivity index (χ0) is 15.1. The molecule has 3 N–H and O–H groups in total. The van der Waals surface area contributed by atoms with Gasteiger partial charge in [0.25, 0.3) is 0 Å². The first-order valence-electron chi connectivity index (χ1n) is 7.81. The fourth-order valence-electron chi connectivity index (χ4n) is 3.30. The lowest BCUT2D eigenvalue weighted by atomic mass is 9.67. The number of benzene rings is 1. The van der Waals surface area contributed by atoms with Crippen molar-refractivity contribution >= 4 is 5.91 Å². The summed E-state index contributed by atoms with van der Waals surface area (Å²) < 4.78 is 0. The molecule has 1 aromatic carbocycles. The quantitative estimate of drug-likeness (QED) is 0.703. The summed E-state index contributed by atoms with van der Waals surface area (Å²) in [6.45, 7) is 0.307. The van der Waals surface area contributed by atoms with Crippen LogP contribution in [0, 0.1) is 0 Å². The third-order valence-electron chi connectivity index (χ3n) is 4.42. The van der Waals surface area contributed by atoms with Crippen LogP contribution in [-0.4, -0.2) is 29.0 Å². The van der Waals surface area contributed by atoms with Gasteiger partial charge in [0.2, 0.25) is 5.91 Å². The van der Waals surface area contributed by atoms with Crippen LogP contribution in [0.15, 0.2) is 30.3 Å². The first-order valence-corrected chi connectivity index (χ1v) is 7.81. The summed E-state index contributed by atoms with van der Waals surface area (Å²) in [5.74, 6) is 0.00130. The number of nitrogens with one attached hydrogen (secondary N) is 1. The van der Waals surface area contributed by atoms with Crippen LogP contribution in [0.4, 0.5) is 0 Å². The molecule has 4 heteroatoms. The summed E-state index contributed by atoms with van der Waals surface area (Å²) in [6.07, 6.45) is 4.97. The zero-order valence-electron chi connectivity index (χ0n) is 12.4. The van der Waals surface area contributed by atoms with E-state index in [2.05, 4.69) is 17.4 Å². The van der Waals surface area contributed by atoms with E-state index < -0.39 is 6.29 Å². The number of aliphatic hydroxyl groups excluding tert-OH is 1. The van der Waals surface area contributed by atoms with Gasteiger partial charge in [-0.05, 0) is 18.4 Å². The topological polar surface area (TPSA) is 69.6 Å². The van der Waals surface area contributed by atoms with Crippen LogP contribution in [0.25, 0.3) is 0 Å². The van der Waals surface area contributed by atoms with Gasteiger partial charge in [0.15, 0.2) is 6.29 Å². The highest BCUT2D eigenvalue weighted by Crippen LogP contribution is 2.42. The minimum absolute atomic E-state index is 0.00130. The van der Waals surface area contributed by atoms with Crippen LogP contribution in [-0.2, 0) is 10.2 Å². The Morgan fingerprint density at radius 2 is 1.81 bits per heavy atom. The summed E-state index contributed by atoms with van der Waals surface area (Å²) >= 11 is 0. The minimum atomic E-state index is -1.36. The Labute approximate surface area is 126 Å². The maximum absolute atomic E-state index is 12.2. The second-order valence-corrected chi connectivity index (χ2v) is 6.00. The second kappa shape index (κ2) is 7.57. The molecule has 1 fully saturated rings. The number of carbonyl (C=O) groups is 1. The van der Waals surface area contributed by atoms with Crippen molar-refractivity contribution in [3.8, 4) is 0 Å². The molecule has 0 atom stereocenters. The van der Waals surface area contributed by atoms with E-state index in [1.165, 1.54) is 12.0 Å². The van der Waals surface area contributed by atoms with E-state index >= 15 is 0 Å². The summed E-state index contributed by atoms with van der Waals surface area (Å²) in [4.78, 5) is 12.2. The van der Waals surface area contributed by atoms with Crippen molar-refractivity contribution in [3.05, 3.63) is 35.9 Å². The Hall–Kier alpha value is -1.39. The molecule has 0 heterocycles. The fourth-order valence-corrected chi connectivity index (χ4v) is 3.30. The van der Waals surface area contributed by atoms with E-state index in [9.17, 15) is 4.79 Å². The van der Waals surface area contributed by atoms with Crippen molar-refractivity contribution in [3.63, 3.8) is 0 Å². The summed E-state index contributed by atoms with van der Waals surface area (Å²) in [5, 5.41) is 20.4. The van der Waals surface area contributed by atoms with E-state index in [1.807, 2.05) is 18.2 Å². The van der Waals surface area contributed by atoms with Crippen LogP contribution in [0.1, 0.15) is 50.5 Å². The van der Waals surface area contributed by atoms with Crippen LogP contribution >= 0.6 is 0 Å². The molecule has 4 nitrogen and oxygen atoms in total. The normalized spacial score (nSPS) is 17.7. The third kappa shape index (κ3) is 4.55. The number of hydrogen-bond donors (Lipinski definition) is 3. The zero-order valence-corrected chi connectivity index (χ0v) is 12.4. The molecule has 0 bridgehead atoms. The highest BCUT2D eigenvalue weighted by molar-refractivity contribution is 5.77. The second-order valence-electron chi connectivity index (χ2n) is 6.00. The highest BCUT2D eigenvalue weighted by atomic mass is 16.5. The molecule has 0 aliphatic heterocycles. The van der Waals surface area contributed by atoms with Crippen molar-refractivity contribution < 1.29 is 15.0 Å². The number of carbonyl (C=O) groups excluding carboxylic acids is 1. The predicted octanol–water partition coefficient (Wildman–Crippen LogP) is 2.10. The lowest BCUT2D eigenvalue weighted by Gasteiger charge is -2.37. The molecule has 1 aromatic rings. The maximum atomic E-state index is 12.2. The van der Waals surface area contributed by atoms with Gasteiger partial charge in [-0.1, -0.05) is 49.6 Å². The van der Waals surface area contributed by atoms with Crippen LogP contribution < -0.4 is 5.32 Å². The SMILES string of the molecule is O=C(CC1(c2ccccc2)CCCCC1)NCCC(O)O. The van der Waals surface area contributed by atoms with Crippen LogP contribution in [0.5, 0.6) is 0 Å². The Balaban J connectivity index is 2.02. The Morgan fingerprint density at radius 3 is 2.43 bits per heavy atom. The molecule has 2 rings (SSSR count). The fraction of sp³-hybridized carbons (Fsp3) is 0.588. The van der Waals surface area contributed by atoms with Gasteiger partial charge in [-0.15, -0.1) is 0 Å². The van der Waals surface area contributed by atoms with Gasteiger partial charge in [0.1, 0.15) is 0 Å². The van der Waals surface area contributed by atoms with Gasteiger partial charge in [-0.3, -0.25) is 4.79 Å². The first-order chi connectivity index (χ1) is 10.1. The van der Waals surface area contributed by atoms with Gasteiger partial charge in [0.05, 0.1) is 0 Å². The van der Waals surface area contributed by atoms with E-state index in [1.54, 1.807) is 0 Å². The number of rotatable bonds is 6. The molecular formula is C17H25NO3. The van der Waals surface area contributed by atoms with Gasteiger partial charge in [-0.2, -0.15) is 0 Å². The molecule has 0 spiro atoms. The minimum Gasteiger partial charge on any atom is -0.368 e. The van der Waals surface area contributed by atoms with E-state index in [4.69, 9.17) is 10.2 Å². The number of aliphatic hydroxyl groups is 2. The summed E-state index contributed by atoms with van der Waals surface area (Å²) in [6, 6.07) is 10.3. The molecule has 1 saturated carbocycles. The molecule has 1 aliphatic rings. The van der Waals surface area contributed by atoms with Crippen molar-refractivity contribution in [2.45, 2.75) is 56.7 Å². The Bertz CT molecular complexity index is 439. The monoisotopic (exact) mass is 291 g/mol. The third-order valence-corrected chi connectivity index (χ3v) is 4.42. The summed E-state index contributed by atoms with van der Waals surface area (Å²) in [5.41, 5.74) is 1.20. The van der Waals surface area contributed by atoms with Gasteiger partial charge < -0.3 is 15.5 Å². The average molecular weight is 291 g/mol. The van der Waals surface area contributed by atoms with Crippen molar-refractivity contribution in [2.24, 2.45) is 0 Å². The Kier molecular flexibility index (Phi) is 5.76. The largest absolute Gasteiger partial charge is 0.368 e. The average Bonchev–Trinajstić information content (AvgIpc) is 2.48. The lowest BCUT2D eigenvalue weighted by molar-refractivity contribution is -0.123. The van der Waals surface area contributed by atoms with Crippen molar-refractivity contribution in [1.29, 1.82) is 0 Å². The van der Waals surface area contributed by atoms with Gasteiger partial charge in [-0.25, -0.2) is 0 Å². The smallest absolute Gasteiger partial charge is 0.220 e. The molecule has 21 heavy (non-hydrogen) atoms. The molecule has 0 radical (unpaired) electrons. The molecule has 1 aliphatic carbocycles. The number of hydrogen-bond acceptors (Lipinski definition) is 3. The van der Waals surface area contributed by atoms with Crippen LogP contribution in [0.2, 0.25) is 0 Å². The van der Waals surface area contributed by atoms with Crippen molar-refractivity contribution in [2.75, 3.05) is 6.54 Å². The molecule has 116 valence electrons. The maximum Gasteiger partial charge on any atom is 0.220 e. The lowest BCUT2D eigenvalue weighted by Crippen LogP contribution is -2.37. The van der Waals surface area contributed by atoms with E-state index in [0.29, 0.717) is 13.0 Å².